The lowest BCUT2D eigenvalue weighted by molar-refractivity contribution is 0.0656. The van der Waals surface area contributed by atoms with Gasteiger partial charge in [0.15, 0.2) is 0 Å². The van der Waals surface area contributed by atoms with Crippen LogP contribution in [0.2, 0.25) is 0 Å². The molecule has 0 aromatic rings. The summed E-state index contributed by atoms with van der Waals surface area (Å²) in [5.74, 6) is 0. The predicted octanol–water partition coefficient (Wildman–Crippen LogP) is 1.71. The molecule has 74 valence electrons. The highest BCUT2D eigenvalue weighted by molar-refractivity contribution is 14.1. The minimum Gasteiger partial charge on any atom is -0.377 e. The van der Waals surface area contributed by atoms with Crippen LogP contribution in [0.5, 0.6) is 0 Å². The molecule has 0 aliphatic heterocycles. The van der Waals surface area contributed by atoms with E-state index in [-0.39, 0.29) is 0 Å². The van der Waals surface area contributed by atoms with Crippen LogP contribution in [0, 0.1) is 0 Å². The second-order valence-corrected chi connectivity index (χ2v) is 3.54. The van der Waals surface area contributed by atoms with Gasteiger partial charge in [-0.15, -0.1) is 0 Å². The van der Waals surface area contributed by atoms with Crippen molar-refractivity contribution in [2.75, 3.05) is 33.9 Å². The van der Waals surface area contributed by atoms with E-state index in [4.69, 9.17) is 7.80 Å². The Morgan fingerprint density at radius 1 is 1.33 bits per heavy atom. The van der Waals surface area contributed by atoms with Crippen molar-refractivity contribution in [3.05, 3.63) is 0 Å². The van der Waals surface area contributed by atoms with E-state index in [2.05, 4.69) is 25.9 Å². The van der Waals surface area contributed by atoms with E-state index in [0.717, 1.165) is 13.0 Å². The van der Waals surface area contributed by atoms with Gasteiger partial charge in [0.2, 0.25) is 0 Å². The van der Waals surface area contributed by atoms with Gasteiger partial charge in [-0.1, -0.05) is 6.92 Å². The molecular formula is C8H18INO2. The summed E-state index contributed by atoms with van der Waals surface area (Å²) < 4.78 is 10.3. The van der Waals surface area contributed by atoms with Crippen molar-refractivity contribution < 1.29 is 7.80 Å². The standard InChI is InChI=1S/C8H18INO2/c1-4-8(10(2)3)7-11-5-6-12-9/h8H,4-7H2,1-3H3. The van der Waals surface area contributed by atoms with Crippen molar-refractivity contribution in [2.24, 2.45) is 0 Å². The SMILES string of the molecule is CCC(COCCOI)N(C)C. The van der Waals surface area contributed by atoms with E-state index >= 15 is 0 Å². The fourth-order valence-electron chi connectivity index (χ4n) is 0.942. The molecule has 0 fully saturated rings. The van der Waals surface area contributed by atoms with E-state index in [1.807, 2.05) is 23.0 Å². The smallest absolute Gasteiger partial charge is 0.109 e. The maximum Gasteiger partial charge on any atom is 0.109 e. The molecule has 0 radical (unpaired) electrons. The van der Waals surface area contributed by atoms with E-state index in [0.29, 0.717) is 19.3 Å². The van der Waals surface area contributed by atoms with E-state index in [9.17, 15) is 0 Å². The Morgan fingerprint density at radius 3 is 2.42 bits per heavy atom. The van der Waals surface area contributed by atoms with Gasteiger partial charge in [0, 0.05) is 6.04 Å². The van der Waals surface area contributed by atoms with Gasteiger partial charge in [-0.2, -0.15) is 0 Å². The molecule has 0 aliphatic rings. The molecule has 0 aliphatic carbocycles. The van der Waals surface area contributed by atoms with Gasteiger partial charge in [-0.25, -0.2) is 0 Å². The summed E-state index contributed by atoms with van der Waals surface area (Å²) >= 11 is 1.88. The van der Waals surface area contributed by atoms with Gasteiger partial charge in [-0.3, -0.25) is 0 Å². The Hall–Kier alpha value is 0.610. The van der Waals surface area contributed by atoms with E-state index < -0.39 is 0 Å². The molecule has 4 heteroatoms. The quantitative estimate of drug-likeness (QED) is 0.525. The lowest BCUT2D eigenvalue weighted by Crippen LogP contribution is -2.32. The molecule has 0 saturated carbocycles. The van der Waals surface area contributed by atoms with Crippen molar-refractivity contribution in [3.63, 3.8) is 0 Å². The fourth-order valence-corrected chi connectivity index (χ4v) is 1.12. The van der Waals surface area contributed by atoms with Gasteiger partial charge in [0.1, 0.15) is 23.0 Å². The van der Waals surface area contributed by atoms with Crippen LogP contribution in [0.1, 0.15) is 13.3 Å². The molecule has 0 amide bonds. The predicted molar refractivity (Wildman–Crippen MR) is 58.6 cm³/mol. The first-order valence-corrected chi connectivity index (χ1v) is 5.08. The van der Waals surface area contributed by atoms with Crippen LogP contribution >= 0.6 is 23.0 Å². The summed E-state index contributed by atoms with van der Waals surface area (Å²) in [4.78, 5) is 2.19. The second-order valence-electron chi connectivity index (χ2n) is 2.91. The molecular weight excluding hydrogens is 269 g/mol. The minimum absolute atomic E-state index is 0.527. The number of hydrogen-bond donors (Lipinski definition) is 0. The maximum atomic E-state index is 5.42. The number of hydrogen-bond acceptors (Lipinski definition) is 3. The Morgan fingerprint density at radius 2 is 2.00 bits per heavy atom. The third kappa shape index (κ3) is 6.16. The number of likely N-dealkylation sites (N-methyl/N-ethyl adjacent to an activating group) is 1. The summed E-state index contributed by atoms with van der Waals surface area (Å²) in [5.41, 5.74) is 0. The highest BCUT2D eigenvalue weighted by Gasteiger charge is 2.07. The molecule has 1 unspecified atom stereocenters. The molecule has 0 aromatic heterocycles. The van der Waals surface area contributed by atoms with Crippen LogP contribution in [0.25, 0.3) is 0 Å². The summed E-state index contributed by atoms with van der Waals surface area (Å²) in [7, 11) is 4.15. The lowest BCUT2D eigenvalue weighted by Gasteiger charge is -2.22. The average molecular weight is 287 g/mol. The first kappa shape index (κ1) is 12.6. The summed E-state index contributed by atoms with van der Waals surface area (Å²) in [6, 6.07) is 0.527. The number of ether oxygens (including phenoxy) is 1. The van der Waals surface area contributed by atoms with Gasteiger partial charge >= 0.3 is 0 Å². The van der Waals surface area contributed by atoms with Crippen LogP contribution in [0.3, 0.4) is 0 Å². The Bertz CT molecular complexity index is 101. The number of halogens is 1. The third-order valence-corrected chi connectivity index (χ3v) is 2.26. The van der Waals surface area contributed by atoms with Crippen molar-refractivity contribution in [2.45, 2.75) is 19.4 Å². The number of rotatable bonds is 7. The Kier molecular flexibility index (Phi) is 8.64. The first-order chi connectivity index (χ1) is 5.72. The highest BCUT2D eigenvalue weighted by Crippen LogP contribution is 1.99. The zero-order valence-corrected chi connectivity index (χ0v) is 10.2. The van der Waals surface area contributed by atoms with Gasteiger partial charge in [-0.05, 0) is 20.5 Å². The zero-order valence-electron chi connectivity index (χ0n) is 8.05. The van der Waals surface area contributed by atoms with E-state index in [1.54, 1.807) is 0 Å². The molecule has 3 nitrogen and oxygen atoms in total. The summed E-state index contributed by atoms with van der Waals surface area (Å²) in [6.45, 7) is 4.32. The van der Waals surface area contributed by atoms with Crippen LogP contribution in [-0.4, -0.2) is 44.9 Å². The van der Waals surface area contributed by atoms with Crippen molar-refractivity contribution in [1.29, 1.82) is 0 Å². The van der Waals surface area contributed by atoms with Gasteiger partial charge in [0.05, 0.1) is 19.8 Å². The second kappa shape index (κ2) is 8.22. The van der Waals surface area contributed by atoms with Gasteiger partial charge < -0.3 is 12.7 Å². The van der Waals surface area contributed by atoms with E-state index in [1.165, 1.54) is 0 Å². The molecule has 12 heavy (non-hydrogen) atoms. The molecule has 0 rings (SSSR count). The monoisotopic (exact) mass is 287 g/mol. The van der Waals surface area contributed by atoms with Crippen LogP contribution in [-0.2, 0) is 7.80 Å². The van der Waals surface area contributed by atoms with Crippen LogP contribution < -0.4 is 0 Å². The van der Waals surface area contributed by atoms with Crippen LogP contribution in [0.15, 0.2) is 0 Å². The minimum atomic E-state index is 0.527. The number of nitrogens with zero attached hydrogens (tertiary/aromatic N) is 1. The molecule has 0 bridgehead atoms. The molecule has 0 spiro atoms. The zero-order chi connectivity index (χ0) is 9.40. The topological polar surface area (TPSA) is 21.7 Å². The first-order valence-electron chi connectivity index (χ1n) is 4.20. The van der Waals surface area contributed by atoms with Crippen LogP contribution in [0.4, 0.5) is 0 Å². The Labute approximate surface area is 89.1 Å². The molecule has 0 heterocycles. The molecule has 0 aromatic carbocycles. The van der Waals surface area contributed by atoms with Crippen molar-refractivity contribution >= 4 is 23.0 Å². The summed E-state index contributed by atoms with van der Waals surface area (Å²) in [5, 5.41) is 0. The third-order valence-electron chi connectivity index (χ3n) is 1.82. The average Bonchev–Trinajstić information content (AvgIpc) is 2.04. The Balaban J connectivity index is 3.32. The maximum absolute atomic E-state index is 5.42. The normalized spacial score (nSPS) is 13.8. The molecule has 0 saturated heterocycles. The highest BCUT2D eigenvalue weighted by atomic mass is 127. The van der Waals surface area contributed by atoms with Gasteiger partial charge in [0.25, 0.3) is 0 Å². The van der Waals surface area contributed by atoms with Crippen molar-refractivity contribution in [3.8, 4) is 0 Å². The van der Waals surface area contributed by atoms with Crippen molar-refractivity contribution in [1.82, 2.24) is 4.90 Å². The molecule has 0 N–H and O–H groups in total. The summed E-state index contributed by atoms with van der Waals surface area (Å²) in [6.07, 6.45) is 1.12. The molecule has 1 atom stereocenters. The lowest BCUT2D eigenvalue weighted by atomic mass is 10.2. The fraction of sp³-hybridized carbons (Fsp3) is 1.00. The largest absolute Gasteiger partial charge is 0.377 e.